The lowest BCUT2D eigenvalue weighted by Crippen LogP contribution is -2.57. The van der Waals surface area contributed by atoms with Gasteiger partial charge in [-0.2, -0.15) is 8.61 Å². The Hall–Kier alpha value is -3.23. The number of piperidine rings is 1. The molecule has 2 aromatic carbocycles. The summed E-state index contributed by atoms with van der Waals surface area (Å²) in [5.74, 6) is -0.337. The number of ketones is 2. The summed E-state index contributed by atoms with van der Waals surface area (Å²) >= 11 is 0. The first-order valence-electron chi connectivity index (χ1n) is 12.8. The molecule has 13 heteroatoms. The van der Waals surface area contributed by atoms with Crippen LogP contribution in [0.25, 0.3) is 0 Å². The molecule has 1 aromatic heterocycles. The minimum Gasteiger partial charge on any atom is -0.358 e. The lowest BCUT2D eigenvalue weighted by molar-refractivity contribution is -0.0816. The molecule has 2 aliphatic rings. The van der Waals surface area contributed by atoms with Crippen LogP contribution in [0.1, 0.15) is 60.5 Å². The van der Waals surface area contributed by atoms with E-state index < -0.39 is 31.8 Å². The fourth-order valence-electron chi connectivity index (χ4n) is 5.35. The molecule has 0 amide bonds. The molecule has 0 saturated carbocycles. The van der Waals surface area contributed by atoms with Crippen LogP contribution in [0.5, 0.6) is 0 Å². The number of nitrogens with one attached hydrogen (secondary N) is 1. The molecule has 1 N–H and O–H groups in total. The van der Waals surface area contributed by atoms with Crippen molar-refractivity contribution in [2.75, 3.05) is 19.7 Å². The van der Waals surface area contributed by atoms with Gasteiger partial charge in [-0.1, -0.05) is 31.7 Å². The van der Waals surface area contributed by atoms with Gasteiger partial charge in [0.2, 0.25) is 20.0 Å². The highest BCUT2D eigenvalue weighted by molar-refractivity contribution is 7.89. The average Bonchev–Trinajstić information content (AvgIpc) is 3.57. The number of carbonyl (C=O) groups excluding carboxylic acids is 2. The van der Waals surface area contributed by atoms with Crippen LogP contribution < -0.4 is 0 Å². The van der Waals surface area contributed by atoms with Crippen molar-refractivity contribution in [1.29, 1.82) is 0 Å². The standard InChI is InChI=1S/C27H30N4O7S2.CH4/c1-19(32)21-3-7-25(8-4-21)39(34,35)30-13-11-27(12-14-30)31(24(17-38-27)15-23-16-28-18-29-23)40(36,37)26-9-5-22(6-10-26)20(2)33;/h3-10,16,18,24H,11-15,17H2,1-2H3,(H,28,29);1H4. The zero-order valence-electron chi connectivity index (χ0n) is 22.1. The van der Waals surface area contributed by atoms with E-state index in [2.05, 4.69) is 9.97 Å². The zero-order chi connectivity index (χ0) is 28.7. The number of aromatic nitrogens is 2. The summed E-state index contributed by atoms with van der Waals surface area (Å²) in [4.78, 5) is 30.5. The van der Waals surface area contributed by atoms with Crippen molar-refractivity contribution < 1.29 is 31.2 Å². The predicted molar refractivity (Wildman–Crippen MR) is 151 cm³/mol. The number of imidazole rings is 1. The molecular weight excluding hydrogens is 568 g/mol. The van der Waals surface area contributed by atoms with Crippen LogP contribution in [0.15, 0.2) is 70.8 Å². The minimum atomic E-state index is -4.10. The fourth-order valence-corrected chi connectivity index (χ4v) is 8.70. The first kappa shape index (κ1) is 30.7. The van der Waals surface area contributed by atoms with E-state index in [1.54, 1.807) is 6.20 Å². The van der Waals surface area contributed by atoms with E-state index in [4.69, 9.17) is 4.74 Å². The van der Waals surface area contributed by atoms with E-state index in [1.165, 1.54) is 77.3 Å². The largest absolute Gasteiger partial charge is 0.358 e. The summed E-state index contributed by atoms with van der Waals surface area (Å²) in [7, 11) is -7.97. The molecule has 2 saturated heterocycles. The highest BCUT2D eigenvalue weighted by atomic mass is 32.2. The second-order valence-corrected chi connectivity index (χ2v) is 13.8. The highest BCUT2D eigenvalue weighted by Crippen LogP contribution is 2.42. The Balaban J connectivity index is 0.00000387. The van der Waals surface area contributed by atoms with Crippen LogP contribution in [0.3, 0.4) is 0 Å². The van der Waals surface area contributed by atoms with Gasteiger partial charge >= 0.3 is 0 Å². The van der Waals surface area contributed by atoms with Gasteiger partial charge in [0.15, 0.2) is 11.6 Å². The van der Waals surface area contributed by atoms with Crippen molar-refractivity contribution in [3.63, 3.8) is 0 Å². The van der Waals surface area contributed by atoms with Gasteiger partial charge in [0.05, 0.1) is 28.8 Å². The van der Waals surface area contributed by atoms with E-state index in [0.717, 1.165) is 5.69 Å². The molecule has 41 heavy (non-hydrogen) atoms. The maximum Gasteiger partial charge on any atom is 0.245 e. The third-order valence-corrected chi connectivity index (χ3v) is 11.4. The number of carbonyl (C=O) groups is 2. The Kier molecular flexibility index (Phi) is 8.67. The molecule has 1 unspecified atom stereocenters. The number of hydrogen-bond donors (Lipinski definition) is 1. The Morgan fingerprint density at radius 2 is 1.41 bits per heavy atom. The first-order valence-corrected chi connectivity index (χ1v) is 15.7. The van der Waals surface area contributed by atoms with Crippen molar-refractivity contribution in [3.8, 4) is 0 Å². The lowest BCUT2D eigenvalue weighted by Gasteiger charge is -2.43. The number of aromatic amines is 1. The van der Waals surface area contributed by atoms with Crippen molar-refractivity contribution in [3.05, 3.63) is 77.9 Å². The maximum absolute atomic E-state index is 14.1. The van der Waals surface area contributed by atoms with Crippen LogP contribution in [-0.4, -0.2) is 78.4 Å². The topological polar surface area (TPSA) is 147 Å². The van der Waals surface area contributed by atoms with E-state index in [1.807, 2.05) is 0 Å². The van der Waals surface area contributed by atoms with E-state index in [-0.39, 0.29) is 61.3 Å². The molecule has 3 heterocycles. The summed E-state index contributed by atoms with van der Waals surface area (Å²) in [6.07, 6.45) is 3.73. The molecule has 220 valence electrons. The van der Waals surface area contributed by atoms with Crippen LogP contribution >= 0.6 is 0 Å². The predicted octanol–water partition coefficient (Wildman–Crippen LogP) is 3.26. The fraction of sp³-hybridized carbons (Fsp3) is 0.393. The monoisotopic (exact) mass is 602 g/mol. The van der Waals surface area contributed by atoms with Gasteiger partial charge in [-0.3, -0.25) is 9.59 Å². The third-order valence-electron chi connectivity index (χ3n) is 7.51. The normalized spacial score (nSPS) is 19.6. The van der Waals surface area contributed by atoms with Crippen molar-refractivity contribution in [1.82, 2.24) is 18.6 Å². The Morgan fingerprint density at radius 3 is 1.88 bits per heavy atom. The molecular formula is C28H34N4O7S2. The highest BCUT2D eigenvalue weighted by Gasteiger charge is 2.55. The molecule has 0 radical (unpaired) electrons. The summed E-state index contributed by atoms with van der Waals surface area (Å²) in [5.41, 5.74) is 0.311. The molecule has 3 aromatic rings. The van der Waals surface area contributed by atoms with Gasteiger partial charge in [0, 0.05) is 55.4 Å². The molecule has 0 bridgehead atoms. The molecule has 2 aliphatic heterocycles. The molecule has 0 aliphatic carbocycles. The second-order valence-electron chi connectivity index (χ2n) is 10.1. The maximum atomic E-state index is 14.1. The summed E-state index contributed by atoms with van der Waals surface area (Å²) in [6.45, 7) is 3.04. The quantitative estimate of drug-likeness (QED) is 0.387. The number of sulfonamides is 2. The number of benzene rings is 2. The van der Waals surface area contributed by atoms with E-state index >= 15 is 0 Å². The zero-order valence-corrected chi connectivity index (χ0v) is 23.7. The Labute approximate surface area is 240 Å². The molecule has 11 nitrogen and oxygen atoms in total. The number of rotatable bonds is 8. The number of Topliss-reactive ketones (excluding diaryl/α,β-unsaturated/α-hetero) is 2. The van der Waals surface area contributed by atoms with Gasteiger partial charge in [0.1, 0.15) is 5.72 Å². The minimum absolute atomic E-state index is 0. The van der Waals surface area contributed by atoms with Gasteiger partial charge in [-0.05, 0) is 38.1 Å². The van der Waals surface area contributed by atoms with Crippen LogP contribution in [0.2, 0.25) is 0 Å². The van der Waals surface area contributed by atoms with E-state index in [9.17, 15) is 26.4 Å². The van der Waals surface area contributed by atoms with Crippen LogP contribution in [-0.2, 0) is 31.2 Å². The third kappa shape index (κ3) is 5.77. The number of H-pyrrole nitrogens is 1. The SMILES string of the molecule is C.CC(=O)c1ccc(S(=O)(=O)N2CCC3(CC2)OCC(Cc2cnc[nH]2)N3S(=O)(=O)c2ccc(C(C)=O)cc2)cc1. The number of ether oxygens (including phenoxy) is 1. The molecule has 1 spiro atoms. The van der Waals surface area contributed by atoms with Gasteiger partial charge in [-0.15, -0.1) is 0 Å². The molecule has 5 rings (SSSR count). The summed E-state index contributed by atoms with van der Waals surface area (Å²) in [6, 6.07) is 11.0. The van der Waals surface area contributed by atoms with Crippen molar-refractivity contribution in [2.45, 2.75) is 62.1 Å². The van der Waals surface area contributed by atoms with Crippen LogP contribution in [0, 0.1) is 0 Å². The van der Waals surface area contributed by atoms with Crippen LogP contribution in [0.4, 0.5) is 0 Å². The van der Waals surface area contributed by atoms with Gasteiger partial charge < -0.3 is 9.72 Å². The molecule has 1 atom stereocenters. The Morgan fingerprint density at radius 1 is 0.902 bits per heavy atom. The van der Waals surface area contributed by atoms with Crippen molar-refractivity contribution >= 4 is 31.6 Å². The smallest absolute Gasteiger partial charge is 0.245 e. The second kappa shape index (κ2) is 11.6. The summed E-state index contributed by atoms with van der Waals surface area (Å²) < 4.78 is 63.8. The van der Waals surface area contributed by atoms with Gasteiger partial charge in [-0.25, -0.2) is 21.8 Å². The van der Waals surface area contributed by atoms with Gasteiger partial charge in [0.25, 0.3) is 0 Å². The molecule has 2 fully saturated rings. The number of nitrogens with zero attached hydrogens (tertiary/aromatic N) is 3. The van der Waals surface area contributed by atoms with Crippen molar-refractivity contribution in [2.24, 2.45) is 0 Å². The first-order chi connectivity index (χ1) is 18.9. The number of hydrogen-bond acceptors (Lipinski definition) is 8. The Bertz CT molecular complexity index is 1610. The average molecular weight is 603 g/mol. The lowest BCUT2D eigenvalue weighted by atomic mass is 10.0. The van der Waals surface area contributed by atoms with E-state index in [0.29, 0.717) is 17.5 Å². The summed E-state index contributed by atoms with van der Waals surface area (Å²) in [5, 5.41) is 0.